The molecule has 26 heavy (non-hydrogen) atoms. The quantitative estimate of drug-likeness (QED) is 0.844. The Morgan fingerprint density at radius 1 is 1.23 bits per heavy atom. The highest BCUT2D eigenvalue weighted by molar-refractivity contribution is 5.82. The molecule has 0 bridgehead atoms. The topological polar surface area (TPSA) is 68.7 Å². The van der Waals surface area contributed by atoms with E-state index >= 15 is 0 Å². The van der Waals surface area contributed by atoms with Gasteiger partial charge in [0.25, 0.3) is 5.91 Å². The Balaban J connectivity index is 1.64. The van der Waals surface area contributed by atoms with E-state index in [0.717, 1.165) is 37.6 Å². The monoisotopic (exact) mass is 358 g/mol. The van der Waals surface area contributed by atoms with Crippen molar-refractivity contribution >= 4 is 11.7 Å². The number of rotatable bonds is 5. The molecule has 1 aliphatic heterocycles. The van der Waals surface area contributed by atoms with Crippen molar-refractivity contribution in [2.24, 2.45) is 0 Å². The van der Waals surface area contributed by atoms with Gasteiger partial charge >= 0.3 is 0 Å². The number of hydrogen-bond donors (Lipinski definition) is 2. The average Bonchev–Trinajstić information content (AvgIpc) is 2.67. The van der Waals surface area contributed by atoms with Crippen LogP contribution in [-0.2, 0) is 11.3 Å². The summed E-state index contributed by atoms with van der Waals surface area (Å²) < 4.78 is 13.0. The van der Waals surface area contributed by atoms with Crippen molar-refractivity contribution in [2.75, 3.05) is 38.1 Å². The van der Waals surface area contributed by atoms with Crippen molar-refractivity contribution in [2.45, 2.75) is 12.6 Å². The van der Waals surface area contributed by atoms with Gasteiger partial charge in [0, 0.05) is 44.5 Å². The largest absolute Gasteiger partial charge is 0.378 e. The minimum atomic E-state index is -1.33. The molecule has 1 aliphatic rings. The van der Waals surface area contributed by atoms with E-state index in [-0.39, 0.29) is 6.54 Å². The number of nitrogens with one attached hydrogen (secondary N) is 1. The fraction of sp³-hybridized carbons (Fsp3) is 0.368. The van der Waals surface area contributed by atoms with Crippen LogP contribution in [-0.4, -0.2) is 54.1 Å². The number of carbonyl (C=O) groups excluding carboxylic acids is 1. The Morgan fingerprint density at radius 3 is 2.62 bits per heavy atom. The van der Waals surface area contributed by atoms with Gasteiger partial charge in [0.2, 0.25) is 0 Å². The fourth-order valence-electron chi connectivity index (χ4n) is 2.95. The first-order valence-electron chi connectivity index (χ1n) is 8.63. The van der Waals surface area contributed by atoms with Crippen LogP contribution in [0.2, 0.25) is 0 Å². The number of aliphatic hydroxyl groups excluding tert-OH is 1. The van der Waals surface area contributed by atoms with Gasteiger partial charge in [0.1, 0.15) is 11.6 Å². The standard InChI is InChI=1S/C19H23FN4O2/c1-23-9-11-24(12-10-23)18-15(3-2-8-21-18)13-22-19(26)17(25)14-4-6-16(20)7-5-14/h2-8,17,25H,9-13H2,1H3,(H,22,26). The maximum atomic E-state index is 13.0. The third-order valence-electron chi connectivity index (χ3n) is 4.56. The molecule has 0 saturated carbocycles. The lowest BCUT2D eigenvalue weighted by atomic mass is 10.1. The summed E-state index contributed by atoms with van der Waals surface area (Å²) in [6.45, 7) is 3.96. The number of aliphatic hydroxyl groups is 1. The summed E-state index contributed by atoms with van der Waals surface area (Å²) in [7, 11) is 2.09. The van der Waals surface area contributed by atoms with Crippen LogP contribution in [0.15, 0.2) is 42.6 Å². The molecule has 1 atom stereocenters. The van der Waals surface area contributed by atoms with Crippen molar-refractivity contribution in [3.05, 3.63) is 59.5 Å². The molecule has 1 unspecified atom stereocenters. The van der Waals surface area contributed by atoms with Gasteiger partial charge in [-0.15, -0.1) is 0 Å². The van der Waals surface area contributed by atoms with Gasteiger partial charge in [-0.05, 0) is 30.8 Å². The molecule has 0 radical (unpaired) electrons. The molecule has 1 amide bonds. The maximum Gasteiger partial charge on any atom is 0.253 e. The molecule has 7 heteroatoms. The van der Waals surface area contributed by atoms with Gasteiger partial charge in [0.05, 0.1) is 0 Å². The number of likely N-dealkylation sites (N-methyl/N-ethyl adjacent to an activating group) is 1. The van der Waals surface area contributed by atoms with Crippen molar-refractivity contribution in [1.82, 2.24) is 15.2 Å². The van der Waals surface area contributed by atoms with Gasteiger partial charge in [-0.2, -0.15) is 0 Å². The highest BCUT2D eigenvalue weighted by Crippen LogP contribution is 2.19. The molecular weight excluding hydrogens is 335 g/mol. The molecule has 1 fully saturated rings. The number of carbonyl (C=O) groups is 1. The number of halogens is 1. The maximum absolute atomic E-state index is 13.0. The molecule has 2 heterocycles. The van der Waals surface area contributed by atoms with Crippen molar-refractivity contribution < 1.29 is 14.3 Å². The number of aromatic nitrogens is 1. The summed E-state index contributed by atoms with van der Waals surface area (Å²) in [6, 6.07) is 9.00. The van der Waals surface area contributed by atoms with E-state index in [1.54, 1.807) is 6.20 Å². The lowest BCUT2D eigenvalue weighted by Crippen LogP contribution is -2.45. The van der Waals surface area contributed by atoms with E-state index in [9.17, 15) is 14.3 Å². The first-order valence-corrected chi connectivity index (χ1v) is 8.63. The third kappa shape index (κ3) is 4.36. The van der Waals surface area contributed by atoms with E-state index < -0.39 is 17.8 Å². The molecule has 138 valence electrons. The second-order valence-electron chi connectivity index (χ2n) is 6.45. The number of hydrogen-bond acceptors (Lipinski definition) is 5. The normalized spacial score (nSPS) is 16.3. The van der Waals surface area contributed by atoms with Crippen LogP contribution in [0.1, 0.15) is 17.2 Å². The SMILES string of the molecule is CN1CCN(c2ncccc2CNC(=O)C(O)c2ccc(F)cc2)CC1. The van der Waals surface area contributed by atoms with Gasteiger partial charge in [0.15, 0.2) is 6.10 Å². The molecule has 2 aromatic rings. The summed E-state index contributed by atoms with van der Waals surface area (Å²) >= 11 is 0. The van der Waals surface area contributed by atoms with E-state index in [1.165, 1.54) is 24.3 Å². The van der Waals surface area contributed by atoms with Crippen LogP contribution in [0, 0.1) is 5.82 Å². The summed E-state index contributed by atoms with van der Waals surface area (Å²) in [5.74, 6) is -0.0736. The first kappa shape index (κ1) is 18.3. The molecule has 1 aromatic carbocycles. The number of pyridine rings is 1. The number of benzene rings is 1. The number of amides is 1. The molecule has 1 saturated heterocycles. The minimum Gasteiger partial charge on any atom is -0.378 e. The highest BCUT2D eigenvalue weighted by Gasteiger charge is 2.20. The van der Waals surface area contributed by atoms with Crippen LogP contribution < -0.4 is 10.2 Å². The van der Waals surface area contributed by atoms with Crippen LogP contribution >= 0.6 is 0 Å². The van der Waals surface area contributed by atoms with Crippen LogP contribution in [0.4, 0.5) is 10.2 Å². The highest BCUT2D eigenvalue weighted by atomic mass is 19.1. The van der Waals surface area contributed by atoms with E-state index in [4.69, 9.17) is 0 Å². The van der Waals surface area contributed by atoms with E-state index in [2.05, 4.69) is 27.1 Å². The van der Waals surface area contributed by atoms with Crippen LogP contribution in [0.3, 0.4) is 0 Å². The first-order chi connectivity index (χ1) is 12.5. The molecular formula is C19H23FN4O2. The van der Waals surface area contributed by atoms with Crippen molar-refractivity contribution in [3.8, 4) is 0 Å². The predicted molar refractivity (Wildman–Crippen MR) is 97.2 cm³/mol. The van der Waals surface area contributed by atoms with Gasteiger partial charge in [-0.3, -0.25) is 4.79 Å². The lowest BCUT2D eigenvalue weighted by Gasteiger charge is -2.34. The average molecular weight is 358 g/mol. The molecule has 3 rings (SSSR count). The fourth-order valence-corrected chi connectivity index (χ4v) is 2.95. The van der Waals surface area contributed by atoms with Crippen molar-refractivity contribution in [3.63, 3.8) is 0 Å². The molecule has 0 spiro atoms. The summed E-state index contributed by atoms with van der Waals surface area (Å²) in [4.78, 5) is 21.2. The zero-order chi connectivity index (χ0) is 18.5. The minimum absolute atomic E-state index is 0.270. The number of nitrogens with zero attached hydrogens (tertiary/aromatic N) is 3. The van der Waals surface area contributed by atoms with Gasteiger partial charge < -0.3 is 20.2 Å². The zero-order valence-corrected chi connectivity index (χ0v) is 14.7. The lowest BCUT2D eigenvalue weighted by molar-refractivity contribution is -0.129. The Morgan fingerprint density at radius 2 is 1.92 bits per heavy atom. The Hall–Kier alpha value is -2.51. The number of piperazine rings is 1. The Kier molecular flexibility index (Phi) is 5.80. The Bertz CT molecular complexity index is 745. The Labute approximate surface area is 152 Å². The molecule has 1 aromatic heterocycles. The third-order valence-corrected chi connectivity index (χ3v) is 4.56. The van der Waals surface area contributed by atoms with Crippen molar-refractivity contribution in [1.29, 1.82) is 0 Å². The van der Waals surface area contributed by atoms with Gasteiger partial charge in [-0.1, -0.05) is 18.2 Å². The van der Waals surface area contributed by atoms with Crippen LogP contribution in [0.5, 0.6) is 0 Å². The molecule has 6 nitrogen and oxygen atoms in total. The van der Waals surface area contributed by atoms with E-state index in [1.807, 2.05) is 12.1 Å². The van der Waals surface area contributed by atoms with E-state index in [0.29, 0.717) is 5.56 Å². The smallest absolute Gasteiger partial charge is 0.253 e. The molecule has 2 N–H and O–H groups in total. The summed E-state index contributed by atoms with van der Waals surface area (Å²) in [6.07, 6.45) is 0.408. The predicted octanol–water partition coefficient (Wildman–Crippen LogP) is 1.32. The number of anilines is 1. The second kappa shape index (κ2) is 8.25. The van der Waals surface area contributed by atoms with Gasteiger partial charge in [-0.25, -0.2) is 9.37 Å². The van der Waals surface area contributed by atoms with Crippen LogP contribution in [0.25, 0.3) is 0 Å². The zero-order valence-electron chi connectivity index (χ0n) is 14.7. The summed E-state index contributed by atoms with van der Waals surface area (Å²) in [5.41, 5.74) is 1.26. The molecule has 0 aliphatic carbocycles. The summed E-state index contributed by atoms with van der Waals surface area (Å²) in [5, 5.41) is 12.9. The second-order valence-corrected chi connectivity index (χ2v) is 6.45.